The fourth-order valence-electron chi connectivity index (χ4n) is 4.77. The van der Waals surface area contributed by atoms with E-state index < -0.39 is 0 Å². The molecule has 2 fully saturated rings. The van der Waals surface area contributed by atoms with Crippen LogP contribution in [0, 0.1) is 0 Å². The number of hydrogen-bond donors (Lipinski definition) is 0. The summed E-state index contributed by atoms with van der Waals surface area (Å²) in [7, 11) is 4.53. The first-order valence-electron chi connectivity index (χ1n) is 9.40. The fourth-order valence-corrected chi connectivity index (χ4v) is 4.77. The third kappa shape index (κ3) is 2.76. The highest BCUT2D eigenvalue weighted by Gasteiger charge is 2.41. The van der Waals surface area contributed by atoms with Crippen molar-refractivity contribution < 1.29 is 9.15 Å². The molecule has 0 unspecified atom stereocenters. The minimum Gasteiger partial charge on any atom is -0.267 e. The van der Waals surface area contributed by atoms with Gasteiger partial charge in [0.25, 0.3) is 0 Å². The van der Waals surface area contributed by atoms with Crippen LogP contribution in [0.3, 0.4) is 0 Å². The van der Waals surface area contributed by atoms with E-state index in [0.29, 0.717) is 0 Å². The lowest BCUT2D eigenvalue weighted by Crippen LogP contribution is -2.63. The van der Waals surface area contributed by atoms with Crippen LogP contribution in [0.5, 0.6) is 0 Å². The third-order valence-electron chi connectivity index (χ3n) is 5.71. The minimum absolute atomic E-state index is 1.05. The van der Waals surface area contributed by atoms with Gasteiger partial charge in [0.2, 0.25) is 0 Å². The van der Waals surface area contributed by atoms with Crippen molar-refractivity contribution in [1.82, 2.24) is 19.6 Å². The molecule has 6 heteroatoms. The summed E-state index contributed by atoms with van der Waals surface area (Å²) in [6.45, 7) is 10.8. The van der Waals surface area contributed by atoms with Crippen molar-refractivity contribution in [3.8, 4) is 0 Å². The lowest BCUT2D eigenvalue weighted by molar-refractivity contribution is -0.518. The number of rotatable bonds is 2. The van der Waals surface area contributed by atoms with Crippen LogP contribution < -0.4 is 0 Å². The highest BCUT2D eigenvalue weighted by molar-refractivity contribution is 5.79. The maximum atomic E-state index is 2.63. The van der Waals surface area contributed by atoms with Crippen LogP contribution >= 0.6 is 0 Å². The molecule has 0 aromatic rings. The Bertz CT molecular complexity index is 479. The van der Waals surface area contributed by atoms with Gasteiger partial charge in [0, 0.05) is 25.7 Å². The largest absolute Gasteiger partial charge is 0.352 e. The van der Waals surface area contributed by atoms with Crippen LogP contribution in [0.25, 0.3) is 0 Å². The first kappa shape index (κ1) is 15.1. The summed E-state index contributed by atoms with van der Waals surface area (Å²) >= 11 is 0. The van der Waals surface area contributed by atoms with Crippen molar-refractivity contribution in [2.75, 3.05) is 73.1 Å². The predicted molar refractivity (Wildman–Crippen MR) is 92.0 cm³/mol. The van der Waals surface area contributed by atoms with E-state index in [2.05, 4.69) is 42.8 Å². The quantitative estimate of drug-likeness (QED) is 0.654. The van der Waals surface area contributed by atoms with E-state index in [9.17, 15) is 0 Å². The highest BCUT2D eigenvalue weighted by Crippen LogP contribution is 2.18. The molecule has 0 amide bonds. The van der Waals surface area contributed by atoms with Crippen molar-refractivity contribution >= 4 is 11.9 Å². The molecule has 6 nitrogen and oxygen atoms in total. The Morgan fingerprint density at radius 3 is 1.57 bits per heavy atom. The zero-order valence-corrected chi connectivity index (χ0v) is 14.9. The molecule has 4 rings (SSSR count). The Kier molecular flexibility index (Phi) is 4.07. The summed E-state index contributed by atoms with van der Waals surface area (Å²) in [5.74, 6) is 2.94. The first-order chi connectivity index (χ1) is 11.2. The number of guanidine groups is 2. The molecule has 0 spiro atoms. The Labute approximate surface area is 140 Å². The Hall–Kier alpha value is -1.46. The van der Waals surface area contributed by atoms with Crippen molar-refractivity contribution in [2.45, 2.75) is 25.7 Å². The molecule has 0 bridgehead atoms. The SMILES string of the molecule is C[N+]1=C2N(CCCN2CN2CCCN3CCC[N+](C)=C32)CCC1. The van der Waals surface area contributed by atoms with Gasteiger partial charge < -0.3 is 0 Å². The van der Waals surface area contributed by atoms with Gasteiger partial charge in [0.05, 0.1) is 66.5 Å². The molecule has 0 saturated carbocycles. The van der Waals surface area contributed by atoms with Crippen molar-refractivity contribution in [2.24, 2.45) is 0 Å². The molecule has 0 radical (unpaired) electrons. The summed E-state index contributed by atoms with van der Waals surface area (Å²) in [5.41, 5.74) is 0. The highest BCUT2D eigenvalue weighted by atomic mass is 15.5. The van der Waals surface area contributed by atoms with E-state index in [0.717, 1.165) is 6.67 Å². The monoisotopic (exact) mass is 320 g/mol. The minimum atomic E-state index is 1.05. The summed E-state index contributed by atoms with van der Waals surface area (Å²) in [6, 6.07) is 0. The zero-order valence-electron chi connectivity index (χ0n) is 14.9. The third-order valence-corrected chi connectivity index (χ3v) is 5.71. The summed E-state index contributed by atoms with van der Waals surface area (Å²) in [4.78, 5) is 10.5. The molecule has 0 aromatic carbocycles. The van der Waals surface area contributed by atoms with Gasteiger partial charge in [-0.1, -0.05) is 0 Å². The van der Waals surface area contributed by atoms with Gasteiger partial charge >= 0.3 is 11.9 Å². The van der Waals surface area contributed by atoms with Crippen molar-refractivity contribution in [1.29, 1.82) is 0 Å². The average Bonchev–Trinajstić information content (AvgIpc) is 2.55. The van der Waals surface area contributed by atoms with Crippen LogP contribution in [0.4, 0.5) is 0 Å². The topological polar surface area (TPSA) is 19.0 Å². The smallest absolute Gasteiger partial charge is 0.267 e. The molecule has 0 N–H and O–H groups in total. The normalized spacial score (nSPS) is 25.8. The molecule has 4 aliphatic heterocycles. The van der Waals surface area contributed by atoms with Gasteiger partial charge in [-0.2, -0.15) is 0 Å². The Balaban J connectivity index is 1.56. The van der Waals surface area contributed by atoms with Crippen LogP contribution in [0.2, 0.25) is 0 Å². The van der Waals surface area contributed by atoms with Crippen LogP contribution in [0.1, 0.15) is 25.7 Å². The standard InChI is InChI=1S/C17H32N6/c1-18-7-3-9-20-11-5-13-22(16(18)20)15-23-14-6-12-21-10-4-8-19(2)17(21)23/h3-15H2,1-2H3/q+2. The second-order valence-corrected chi connectivity index (χ2v) is 7.50. The average molecular weight is 320 g/mol. The molecule has 2 saturated heterocycles. The molecule has 0 aromatic heterocycles. The van der Waals surface area contributed by atoms with Crippen LogP contribution in [-0.2, 0) is 0 Å². The molecular weight excluding hydrogens is 288 g/mol. The summed E-state index contributed by atoms with van der Waals surface area (Å²) in [5, 5.41) is 0. The second-order valence-electron chi connectivity index (χ2n) is 7.50. The van der Waals surface area contributed by atoms with Gasteiger partial charge in [0.15, 0.2) is 6.67 Å². The number of fused-ring (bicyclic) bond motifs is 2. The maximum absolute atomic E-state index is 2.63. The lowest BCUT2D eigenvalue weighted by Gasteiger charge is -2.40. The van der Waals surface area contributed by atoms with E-state index >= 15 is 0 Å². The fraction of sp³-hybridized carbons (Fsp3) is 0.882. The zero-order chi connectivity index (χ0) is 15.8. The first-order valence-corrected chi connectivity index (χ1v) is 9.40. The van der Waals surface area contributed by atoms with Crippen LogP contribution in [0.15, 0.2) is 0 Å². The van der Waals surface area contributed by atoms with E-state index in [1.54, 1.807) is 0 Å². The number of hydrogen-bond acceptors (Lipinski definition) is 4. The van der Waals surface area contributed by atoms with Gasteiger partial charge in [0.1, 0.15) is 0 Å². The van der Waals surface area contributed by atoms with Crippen LogP contribution in [-0.4, -0.2) is 114 Å². The van der Waals surface area contributed by atoms with E-state index in [4.69, 9.17) is 0 Å². The molecule has 23 heavy (non-hydrogen) atoms. The molecular formula is C17H32N6+2. The lowest BCUT2D eigenvalue weighted by atomic mass is 10.2. The molecule has 4 heterocycles. The van der Waals surface area contributed by atoms with E-state index in [1.165, 1.54) is 90.0 Å². The maximum Gasteiger partial charge on any atom is 0.352 e. The predicted octanol–water partition coefficient (Wildman–Crippen LogP) is -0.237. The summed E-state index contributed by atoms with van der Waals surface area (Å²) in [6.07, 6.45) is 5.18. The molecule has 0 aliphatic carbocycles. The number of nitrogens with zero attached hydrogens (tertiary/aromatic N) is 6. The molecule has 4 aliphatic rings. The van der Waals surface area contributed by atoms with Crippen molar-refractivity contribution in [3.63, 3.8) is 0 Å². The summed E-state index contributed by atoms with van der Waals surface area (Å²) < 4.78 is 4.94. The van der Waals surface area contributed by atoms with E-state index in [-0.39, 0.29) is 0 Å². The second kappa shape index (κ2) is 6.21. The molecule has 128 valence electrons. The Morgan fingerprint density at radius 1 is 0.652 bits per heavy atom. The van der Waals surface area contributed by atoms with Crippen molar-refractivity contribution in [3.05, 3.63) is 0 Å². The van der Waals surface area contributed by atoms with Gasteiger partial charge in [-0.25, -0.2) is 9.80 Å². The van der Waals surface area contributed by atoms with Gasteiger partial charge in [-0.3, -0.25) is 19.0 Å². The van der Waals surface area contributed by atoms with Gasteiger partial charge in [-0.05, 0) is 0 Å². The van der Waals surface area contributed by atoms with E-state index in [1.807, 2.05) is 0 Å². The molecule has 0 atom stereocenters. The van der Waals surface area contributed by atoms with Gasteiger partial charge in [-0.15, -0.1) is 0 Å². The Morgan fingerprint density at radius 2 is 1.09 bits per heavy atom.